The lowest BCUT2D eigenvalue weighted by Gasteiger charge is -2.55. The smallest absolute Gasteiger partial charge is 0.267 e. The summed E-state index contributed by atoms with van der Waals surface area (Å²) in [6.07, 6.45) is 5.15. The summed E-state index contributed by atoms with van der Waals surface area (Å²) in [7, 11) is 3.53. The van der Waals surface area contributed by atoms with Gasteiger partial charge in [0, 0.05) is 51.9 Å². The van der Waals surface area contributed by atoms with Crippen LogP contribution in [0.15, 0.2) is 18.3 Å². The molecule has 2 N–H and O–H groups in total. The second-order valence-electron chi connectivity index (χ2n) is 6.87. The van der Waals surface area contributed by atoms with E-state index in [1.54, 1.807) is 20.4 Å². The topological polar surface area (TPSA) is 77.7 Å². The molecule has 0 unspecified atom stereocenters. The van der Waals surface area contributed by atoms with Crippen LogP contribution < -0.4 is 5.73 Å². The lowest BCUT2D eigenvalue weighted by molar-refractivity contribution is -0.170. The van der Waals surface area contributed by atoms with E-state index < -0.39 is 5.91 Å². The Morgan fingerprint density at radius 2 is 2.04 bits per heavy atom. The predicted molar refractivity (Wildman–Crippen MR) is 97.8 cm³/mol. The van der Waals surface area contributed by atoms with Gasteiger partial charge in [-0.1, -0.05) is 6.42 Å². The third kappa shape index (κ3) is 3.67. The van der Waals surface area contributed by atoms with E-state index in [1.807, 2.05) is 12.1 Å². The van der Waals surface area contributed by atoms with Crippen molar-refractivity contribution in [1.82, 2.24) is 9.88 Å². The molecule has 0 spiro atoms. The molecule has 2 aliphatic rings. The highest BCUT2D eigenvalue weighted by Crippen LogP contribution is 2.51. The van der Waals surface area contributed by atoms with Crippen LogP contribution in [0.1, 0.15) is 35.3 Å². The van der Waals surface area contributed by atoms with Gasteiger partial charge >= 0.3 is 0 Å². The van der Waals surface area contributed by atoms with Gasteiger partial charge in [-0.15, -0.1) is 12.4 Å². The molecule has 0 aromatic carbocycles. The molecule has 1 aromatic heterocycles. The fourth-order valence-corrected chi connectivity index (χ4v) is 4.66. The maximum Gasteiger partial charge on any atom is 0.267 e. The van der Waals surface area contributed by atoms with Gasteiger partial charge in [0.05, 0.1) is 6.61 Å². The average Bonchev–Trinajstić information content (AvgIpc) is 2.59. The van der Waals surface area contributed by atoms with Gasteiger partial charge in [0.2, 0.25) is 0 Å². The largest absolute Gasteiger partial charge is 0.383 e. The molecule has 1 amide bonds. The molecular weight excluding hydrogens is 342 g/mol. The lowest BCUT2D eigenvalue weighted by Crippen LogP contribution is -2.59. The van der Waals surface area contributed by atoms with Crippen molar-refractivity contribution < 1.29 is 14.3 Å². The number of pyridine rings is 1. The van der Waals surface area contributed by atoms with Crippen LogP contribution in [0.3, 0.4) is 0 Å². The van der Waals surface area contributed by atoms with E-state index in [0.717, 1.165) is 44.6 Å². The third-order valence-electron chi connectivity index (χ3n) is 5.69. The second-order valence-corrected chi connectivity index (χ2v) is 6.87. The van der Waals surface area contributed by atoms with Gasteiger partial charge in [-0.2, -0.15) is 0 Å². The summed E-state index contributed by atoms with van der Waals surface area (Å²) in [5.41, 5.74) is 6.42. The fourth-order valence-electron chi connectivity index (χ4n) is 4.66. The minimum atomic E-state index is -0.495. The van der Waals surface area contributed by atoms with Crippen LogP contribution in [-0.4, -0.2) is 56.3 Å². The van der Waals surface area contributed by atoms with E-state index in [0.29, 0.717) is 17.5 Å². The normalized spacial score (nSPS) is 29.0. The Kier molecular flexibility index (Phi) is 6.79. The van der Waals surface area contributed by atoms with Crippen molar-refractivity contribution in [3.63, 3.8) is 0 Å². The second kappa shape index (κ2) is 8.45. The zero-order valence-electron chi connectivity index (χ0n) is 14.9. The van der Waals surface area contributed by atoms with Crippen LogP contribution >= 0.6 is 12.4 Å². The van der Waals surface area contributed by atoms with Gasteiger partial charge in [-0.05, 0) is 30.5 Å². The molecule has 2 bridgehead atoms. The zero-order valence-corrected chi connectivity index (χ0v) is 15.8. The van der Waals surface area contributed by atoms with Crippen LogP contribution in [0, 0.1) is 11.8 Å². The number of nitrogens with two attached hydrogens (primary N) is 1. The number of primary amides is 1. The van der Waals surface area contributed by atoms with Crippen LogP contribution in [-0.2, 0) is 15.1 Å². The molecule has 2 fully saturated rings. The van der Waals surface area contributed by atoms with Crippen molar-refractivity contribution in [3.05, 3.63) is 29.6 Å². The van der Waals surface area contributed by atoms with E-state index >= 15 is 0 Å². The monoisotopic (exact) mass is 369 g/mol. The van der Waals surface area contributed by atoms with E-state index in [1.165, 1.54) is 6.42 Å². The van der Waals surface area contributed by atoms with E-state index in [-0.39, 0.29) is 18.0 Å². The first-order chi connectivity index (χ1) is 11.6. The average molecular weight is 370 g/mol. The first kappa shape index (κ1) is 20.1. The number of hydrogen-bond acceptors (Lipinski definition) is 5. The number of aromatic nitrogens is 1. The standard InChI is InChI=1S/C18H27N3O3.ClH/c1-23-9-8-21-11-14-4-3-5-15(12-21)18(14,24-2)13-6-7-20-16(10-13)17(19)22;/h6-7,10,14-15H,3-5,8-9,11-12H2,1-2H3,(H2,19,22);1H/t14-,15+,18-;. The number of piperidine rings is 1. The Bertz CT molecular complexity index is 585. The number of nitrogens with zero attached hydrogens (tertiary/aromatic N) is 2. The highest BCUT2D eigenvalue weighted by atomic mass is 35.5. The zero-order chi connectivity index (χ0) is 17.2. The number of fused-ring (bicyclic) bond motifs is 2. The Balaban J connectivity index is 0.00000225. The number of ether oxygens (including phenoxy) is 2. The number of methoxy groups -OCH3 is 2. The quantitative estimate of drug-likeness (QED) is 0.827. The van der Waals surface area contributed by atoms with Gasteiger partial charge in [0.15, 0.2) is 0 Å². The molecule has 6 nitrogen and oxygen atoms in total. The summed E-state index contributed by atoms with van der Waals surface area (Å²) in [6.45, 7) is 3.68. The first-order valence-electron chi connectivity index (χ1n) is 8.64. The van der Waals surface area contributed by atoms with E-state index in [9.17, 15) is 4.79 Å². The van der Waals surface area contributed by atoms with Gasteiger partial charge < -0.3 is 20.1 Å². The Hall–Kier alpha value is -1.21. The van der Waals surface area contributed by atoms with Gasteiger partial charge in [-0.3, -0.25) is 9.78 Å². The number of carbonyl (C=O) groups excluding carboxylic acids is 1. The fraction of sp³-hybridized carbons (Fsp3) is 0.667. The van der Waals surface area contributed by atoms with Gasteiger partial charge in [0.25, 0.3) is 5.91 Å². The molecule has 140 valence electrons. The minimum Gasteiger partial charge on any atom is -0.383 e. The molecule has 1 saturated heterocycles. The molecule has 3 rings (SSSR count). The van der Waals surface area contributed by atoms with Crippen LogP contribution in [0.5, 0.6) is 0 Å². The number of carbonyl (C=O) groups is 1. The predicted octanol–water partition coefficient (Wildman–Crippen LogP) is 1.82. The SMILES string of the molecule is COCCN1C[C@H]2CCC[C@@H](C1)[C@@]2(OC)c1ccnc(C(N)=O)c1.Cl. The Morgan fingerprint density at radius 1 is 1.36 bits per heavy atom. The molecule has 1 aromatic rings. The Morgan fingerprint density at radius 3 is 2.60 bits per heavy atom. The van der Waals surface area contributed by atoms with Crippen molar-refractivity contribution in [2.45, 2.75) is 24.9 Å². The number of halogens is 1. The summed E-state index contributed by atoms with van der Waals surface area (Å²) in [6, 6.07) is 3.80. The maximum atomic E-state index is 11.5. The molecule has 1 aliphatic heterocycles. The van der Waals surface area contributed by atoms with Crippen molar-refractivity contribution >= 4 is 18.3 Å². The summed E-state index contributed by atoms with van der Waals surface area (Å²) in [5, 5.41) is 0. The maximum absolute atomic E-state index is 11.5. The minimum absolute atomic E-state index is 0. The van der Waals surface area contributed by atoms with Crippen molar-refractivity contribution in [1.29, 1.82) is 0 Å². The van der Waals surface area contributed by atoms with E-state index in [4.69, 9.17) is 15.2 Å². The number of amides is 1. The van der Waals surface area contributed by atoms with Crippen molar-refractivity contribution in [2.24, 2.45) is 17.6 Å². The summed E-state index contributed by atoms with van der Waals surface area (Å²) >= 11 is 0. The number of rotatable bonds is 6. The molecule has 3 atom stereocenters. The van der Waals surface area contributed by atoms with Crippen LogP contribution in [0.2, 0.25) is 0 Å². The van der Waals surface area contributed by atoms with Crippen LogP contribution in [0.4, 0.5) is 0 Å². The highest BCUT2D eigenvalue weighted by Gasteiger charge is 2.53. The lowest BCUT2D eigenvalue weighted by atomic mass is 9.62. The molecule has 1 aliphatic carbocycles. The first-order valence-corrected chi connectivity index (χ1v) is 8.64. The molecule has 1 saturated carbocycles. The Labute approximate surface area is 155 Å². The van der Waals surface area contributed by atoms with Crippen molar-refractivity contribution in [2.75, 3.05) is 40.5 Å². The summed E-state index contributed by atoms with van der Waals surface area (Å²) in [4.78, 5) is 18.1. The number of hydrogen-bond donors (Lipinski definition) is 1. The highest BCUT2D eigenvalue weighted by molar-refractivity contribution is 5.90. The van der Waals surface area contributed by atoms with Crippen molar-refractivity contribution in [3.8, 4) is 0 Å². The molecule has 7 heteroatoms. The number of likely N-dealkylation sites (tertiary alicyclic amines) is 1. The van der Waals surface area contributed by atoms with E-state index in [2.05, 4.69) is 9.88 Å². The van der Waals surface area contributed by atoms with Gasteiger partial charge in [-0.25, -0.2) is 0 Å². The molecule has 25 heavy (non-hydrogen) atoms. The molecular formula is C18H28ClN3O3. The van der Waals surface area contributed by atoms with Crippen LogP contribution in [0.25, 0.3) is 0 Å². The summed E-state index contributed by atoms with van der Waals surface area (Å²) < 4.78 is 11.4. The third-order valence-corrected chi connectivity index (χ3v) is 5.69. The molecule has 2 heterocycles. The molecule has 0 radical (unpaired) electrons. The van der Waals surface area contributed by atoms with Gasteiger partial charge in [0.1, 0.15) is 11.3 Å². The summed E-state index contributed by atoms with van der Waals surface area (Å²) in [5.74, 6) is 0.302.